The fourth-order valence-electron chi connectivity index (χ4n) is 2.24. The topological polar surface area (TPSA) is 41.6 Å². The van der Waals surface area contributed by atoms with Crippen molar-refractivity contribution in [1.82, 2.24) is 5.32 Å². The predicted molar refractivity (Wildman–Crippen MR) is 98.3 cm³/mol. The number of rotatable bonds is 3. The van der Waals surface area contributed by atoms with Crippen LogP contribution in [0.4, 0.5) is 5.69 Å². The van der Waals surface area contributed by atoms with Crippen molar-refractivity contribution >= 4 is 50.9 Å². The van der Waals surface area contributed by atoms with Crippen LogP contribution in [-0.4, -0.2) is 18.1 Å². The van der Waals surface area contributed by atoms with E-state index in [2.05, 4.69) is 21.2 Å². The molecule has 0 unspecified atom stereocenters. The lowest BCUT2D eigenvalue weighted by Crippen LogP contribution is -2.30. The third-order valence-electron chi connectivity index (χ3n) is 3.37. The number of thiocarbonyl (C=S) groups is 1. The molecule has 23 heavy (non-hydrogen) atoms. The number of nitrogens with zero attached hydrogens (tertiary/aromatic N) is 1. The Morgan fingerprint density at radius 3 is 2.65 bits per heavy atom. The van der Waals surface area contributed by atoms with Crippen molar-refractivity contribution in [2.24, 2.45) is 0 Å². The second kappa shape index (κ2) is 6.52. The molecule has 0 spiro atoms. The first-order valence-corrected chi connectivity index (χ1v) is 8.05. The molecule has 3 rings (SSSR count). The summed E-state index contributed by atoms with van der Waals surface area (Å²) in [5.74, 6) is 0.481. The van der Waals surface area contributed by atoms with Gasteiger partial charge in [0, 0.05) is 10.5 Å². The number of nitrogens with one attached hydrogen (secondary N) is 1. The molecule has 0 radical (unpaired) electrons. The van der Waals surface area contributed by atoms with Crippen LogP contribution in [0.5, 0.6) is 5.75 Å². The number of amides is 1. The first-order chi connectivity index (χ1) is 11.1. The van der Waals surface area contributed by atoms with Gasteiger partial charge in [0.05, 0.1) is 12.8 Å². The Balaban J connectivity index is 1.91. The lowest BCUT2D eigenvalue weighted by Gasteiger charge is -2.14. The summed E-state index contributed by atoms with van der Waals surface area (Å²) < 4.78 is 6.18. The highest BCUT2D eigenvalue weighted by atomic mass is 79.9. The summed E-state index contributed by atoms with van der Waals surface area (Å²) in [5.41, 5.74) is 2.03. The van der Waals surface area contributed by atoms with Gasteiger partial charge in [-0.3, -0.25) is 9.69 Å². The van der Waals surface area contributed by atoms with Crippen molar-refractivity contribution in [3.63, 3.8) is 0 Å². The largest absolute Gasteiger partial charge is 0.497 e. The lowest BCUT2D eigenvalue weighted by molar-refractivity contribution is -0.113. The van der Waals surface area contributed by atoms with E-state index in [9.17, 15) is 4.79 Å². The van der Waals surface area contributed by atoms with Gasteiger partial charge in [-0.25, -0.2) is 0 Å². The van der Waals surface area contributed by atoms with E-state index < -0.39 is 0 Å². The van der Waals surface area contributed by atoms with Gasteiger partial charge in [0.2, 0.25) is 0 Å². The molecule has 2 aromatic rings. The first-order valence-electron chi connectivity index (χ1n) is 6.85. The van der Waals surface area contributed by atoms with Crippen LogP contribution in [0.2, 0.25) is 0 Å². The van der Waals surface area contributed by atoms with Crippen LogP contribution in [0, 0.1) is 0 Å². The molecule has 1 fully saturated rings. The Morgan fingerprint density at radius 1 is 1.22 bits per heavy atom. The number of hydrogen-bond acceptors (Lipinski definition) is 3. The Labute approximate surface area is 147 Å². The van der Waals surface area contributed by atoms with Crippen molar-refractivity contribution < 1.29 is 9.53 Å². The normalized spacial score (nSPS) is 15.9. The van der Waals surface area contributed by atoms with E-state index in [0.29, 0.717) is 22.2 Å². The Hall–Kier alpha value is -2.18. The molecule has 1 aliphatic rings. The maximum atomic E-state index is 12.6. The van der Waals surface area contributed by atoms with Crippen LogP contribution in [0.3, 0.4) is 0 Å². The van der Waals surface area contributed by atoms with Crippen LogP contribution in [0.25, 0.3) is 6.08 Å². The molecular weight excluding hydrogens is 376 g/mol. The van der Waals surface area contributed by atoms with Crippen LogP contribution >= 0.6 is 28.1 Å². The molecule has 1 saturated heterocycles. The van der Waals surface area contributed by atoms with Crippen molar-refractivity contribution in [3.05, 3.63) is 64.3 Å². The highest BCUT2D eigenvalue weighted by molar-refractivity contribution is 9.10. The van der Waals surface area contributed by atoms with Crippen molar-refractivity contribution in [3.8, 4) is 5.75 Å². The highest BCUT2D eigenvalue weighted by Gasteiger charge is 2.32. The molecule has 0 atom stereocenters. The lowest BCUT2D eigenvalue weighted by atomic mass is 10.2. The van der Waals surface area contributed by atoms with Gasteiger partial charge >= 0.3 is 0 Å². The van der Waals surface area contributed by atoms with Gasteiger partial charge in [0.25, 0.3) is 5.91 Å². The van der Waals surface area contributed by atoms with Gasteiger partial charge in [0.15, 0.2) is 5.11 Å². The smallest absolute Gasteiger partial charge is 0.281 e. The molecule has 4 nitrogen and oxygen atoms in total. The Kier molecular flexibility index (Phi) is 4.45. The maximum absolute atomic E-state index is 12.6. The summed E-state index contributed by atoms with van der Waals surface area (Å²) >= 11 is 8.69. The molecule has 1 amide bonds. The van der Waals surface area contributed by atoms with Crippen LogP contribution < -0.4 is 15.0 Å². The number of halogens is 1. The zero-order valence-corrected chi connectivity index (χ0v) is 14.6. The second-order valence-electron chi connectivity index (χ2n) is 4.88. The van der Waals surface area contributed by atoms with E-state index in [-0.39, 0.29) is 5.91 Å². The standard InChI is InChI=1S/C17H13BrN2O2S/c1-22-14-4-2-3-13(10-14)20-16(21)15(19-17(20)23)9-11-5-7-12(18)8-6-11/h2-10H,1H3,(H,19,23)/b15-9+. The molecule has 1 N–H and O–H groups in total. The molecule has 1 heterocycles. The first kappa shape index (κ1) is 15.7. The van der Waals surface area contributed by atoms with Gasteiger partial charge in [-0.15, -0.1) is 0 Å². The zero-order chi connectivity index (χ0) is 16.4. The number of hydrogen-bond donors (Lipinski definition) is 1. The third kappa shape index (κ3) is 3.28. The van der Waals surface area contributed by atoms with Gasteiger partial charge in [-0.1, -0.05) is 34.1 Å². The molecule has 1 aliphatic heterocycles. The van der Waals surface area contributed by atoms with Gasteiger partial charge in [0.1, 0.15) is 11.4 Å². The minimum atomic E-state index is -0.189. The van der Waals surface area contributed by atoms with Crippen LogP contribution in [0.1, 0.15) is 5.56 Å². The molecular formula is C17H13BrN2O2S. The molecule has 116 valence electrons. The number of carbonyl (C=O) groups excluding carboxylic acids is 1. The van der Waals surface area contributed by atoms with E-state index in [1.54, 1.807) is 19.3 Å². The zero-order valence-electron chi connectivity index (χ0n) is 12.2. The van der Waals surface area contributed by atoms with Gasteiger partial charge in [-0.05, 0) is 48.1 Å². The Bertz CT molecular complexity index is 802. The maximum Gasteiger partial charge on any atom is 0.281 e. The number of ether oxygens (including phenoxy) is 1. The van der Waals surface area contributed by atoms with Gasteiger partial charge in [-0.2, -0.15) is 0 Å². The summed E-state index contributed by atoms with van der Waals surface area (Å²) in [6.45, 7) is 0. The molecule has 6 heteroatoms. The SMILES string of the molecule is COc1cccc(N2C(=O)/C(=C\c3ccc(Br)cc3)NC2=S)c1. The molecule has 0 bridgehead atoms. The average Bonchev–Trinajstić information content (AvgIpc) is 2.83. The van der Waals surface area contributed by atoms with Gasteiger partial charge < -0.3 is 10.1 Å². The fourth-order valence-corrected chi connectivity index (χ4v) is 2.81. The molecule has 0 aromatic heterocycles. The van der Waals surface area contributed by atoms with Crippen molar-refractivity contribution in [2.45, 2.75) is 0 Å². The average molecular weight is 389 g/mol. The third-order valence-corrected chi connectivity index (χ3v) is 4.18. The number of methoxy groups -OCH3 is 1. The van der Waals surface area contributed by atoms with Crippen LogP contribution in [0.15, 0.2) is 58.7 Å². The van der Waals surface area contributed by atoms with E-state index in [0.717, 1.165) is 10.0 Å². The van der Waals surface area contributed by atoms with Crippen molar-refractivity contribution in [1.29, 1.82) is 0 Å². The second-order valence-corrected chi connectivity index (χ2v) is 6.18. The molecule has 0 aliphatic carbocycles. The fraction of sp³-hybridized carbons (Fsp3) is 0.0588. The summed E-state index contributed by atoms with van der Waals surface area (Å²) in [7, 11) is 1.58. The van der Waals surface area contributed by atoms with Crippen molar-refractivity contribution in [2.75, 3.05) is 12.0 Å². The summed E-state index contributed by atoms with van der Waals surface area (Å²) in [4.78, 5) is 14.1. The number of benzene rings is 2. The van der Waals surface area contributed by atoms with Crippen LogP contribution in [-0.2, 0) is 4.79 Å². The summed E-state index contributed by atoms with van der Waals surface area (Å²) in [6.07, 6.45) is 1.78. The summed E-state index contributed by atoms with van der Waals surface area (Å²) in [5, 5.41) is 3.32. The minimum Gasteiger partial charge on any atom is -0.497 e. The monoisotopic (exact) mass is 388 g/mol. The quantitative estimate of drug-likeness (QED) is 0.642. The molecule has 0 saturated carbocycles. The summed E-state index contributed by atoms with van der Waals surface area (Å²) in [6, 6.07) is 14.9. The minimum absolute atomic E-state index is 0.189. The van der Waals surface area contributed by atoms with E-state index >= 15 is 0 Å². The number of carbonyl (C=O) groups is 1. The van der Waals surface area contributed by atoms with E-state index in [1.807, 2.05) is 42.5 Å². The Morgan fingerprint density at radius 2 is 1.96 bits per heavy atom. The number of anilines is 1. The molecule has 2 aromatic carbocycles. The predicted octanol–water partition coefficient (Wildman–Crippen LogP) is 3.72. The van der Waals surface area contributed by atoms with E-state index in [4.69, 9.17) is 17.0 Å². The highest BCUT2D eigenvalue weighted by Crippen LogP contribution is 2.26. The van der Waals surface area contributed by atoms with E-state index in [1.165, 1.54) is 4.90 Å².